The largest absolute Gasteiger partial charge is 0.487 e. The molecule has 1 amide bonds. The average molecular weight is 339 g/mol. The molecule has 0 unspecified atom stereocenters. The first kappa shape index (κ1) is 17.3. The molecule has 0 aliphatic carbocycles. The van der Waals surface area contributed by atoms with Crippen molar-refractivity contribution in [3.63, 3.8) is 0 Å². The van der Waals surface area contributed by atoms with Crippen molar-refractivity contribution >= 4 is 5.91 Å². The number of rotatable bonds is 5. The summed E-state index contributed by atoms with van der Waals surface area (Å²) in [4.78, 5) is 12.4. The summed E-state index contributed by atoms with van der Waals surface area (Å²) in [5.74, 6) is 1.41. The second-order valence-corrected chi connectivity index (χ2v) is 7.01. The highest BCUT2D eigenvalue weighted by atomic mass is 16.5. The Labute approximate surface area is 149 Å². The van der Waals surface area contributed by atoms with Crippen LogP contribution in [-0.4, -0.2) is 18.1 Å². The molecular formula is C21H25NO3. The summed E-state index contributed by atoms with van der Waals surface area (Å²) in [5.41, 5.74) is 1.95. The van der Waals surface area contributed by atoms with Gasteiger partial charge in [-0.3, -0.25) is 4.79 Å². The van der Waals surface area contributed by atoms with Crippen LogP contribution in [0.25, 0.3) is 0 Å². The van der Waals surface area contributed by atoms with Crippen LogP contribution >= 0.6 is 0 Å². The summed E-state index contributed by atoms with van der Waals surface area (Å²) >= 11 is 0. The second kappa shape index (κ2) is 7.18. The summed E-state index contributed by atoms with van der Waals surface area (Å²) in [6, 6.07) is 15.6. The molecule has 1 N–H and O–H groups in total. The molecule has 2 aromatic rings. The van der Waals surface area contributed by atoms with Crippen molar-refractivity contribution in [2.24, 2.45) is 0 Å². The number of amides is 1. The third kappa shape index (κ3) is 4.32. The number of carbonyl (C=O) groups excluding carboxylic acids is 1. The van der Waals surface area contributed by atoms with Crippen LogP contribution in [0.1, 0.15) is 44.4 Å². The van der Waals surface area contributed by atoms with Crippen molar-refractivity contribution in [2.75, 3.05) is 6.61 Å². The fourth-order valence-corrected chi connectivity index (χ4v) is 3.14. The summed E-state index contributed by atoms with van der Waals surface area (Å²) in [6.07, 6.45) is 1.71. The van der Waals surface area contributed by atoms with Crippen molar-refractivity contribution in [3.05, 3.63) is 59.7 Å². The molecular weight excluding hydrogens is 314 g/mol. The average Bonchev–Trinajstić information content (AvgIpc) is 2.59. The highest BCUT2D eigenvalue weighted by Gasteiger charge is 2.34. The predicted molar refractivity (Wildman–Crippen MR) is 98.0 cm³/mol. The lowest BCUT2D eigenvalue weighted by molar-refractivity contribution is -0.124. The number of fused-ring (bicyclic) bond motifs is 1. The van der Waals surface area contributed by atoms with Crippen LogP contribution in [0.2, 0.25) is 0 Å². The van der Waals surface area contributed by atoms with E-state index in [0.717, 1.165) is 24.2 Å². The molecule has 0 saturated heterocycles. The summed E-state index contributed by atoms with van der Waals surface area (Å²) in [6.45, 7) is 6.18. The molecule has 0 fully saturated rings. The normalized spacial score (nSPS) is 18.0. The number of hydrogen-bond donors (Lipinski definition) is 1. The Hall–Kier alpha value is -2.49. The summed E-state index contributed by atoms with van der Waals surface area (Å²) in [5, 5.41) is 3.08. The Morgan fingerprint density at radius 3 is 2.64 bits per heavy atom. The van der Waals surface area contributed by atoms with Crippen molar-refractivity contribution in [3.8, 4) is 11.5 Å². The SMILES string of the molecule is CCc1ccc(OCC(=O)N[C@H]2CC(C)(C)Oc3ccccc32)cc1. The van der Waals surface area contributed by atoms with Gasteiger partial charge in [0.15, 0.2) is 6.61 Å². The second-order valence-electron chi connectivity index (χ2n) is 7.01. The molecule has 0 aromatic heterocycles. The number of para-hydroxylation sites is 1. The lowest BCUT2D eigenvalue weighted by Gasteiger charge is -2.37. The predicted octanol–water partition coefficient (Wildman–Crippen LogP) is 4.05. The van der Waals surface area contributed by atoms with Crippen LogP contribution in [0.5, 0.6) is 11.5 Å². The van der Waals surface area contributed by atoms with Gasteiger partial charge in [-0.05, 0) is 44.0 Å². The number of aryl methyl sites for hydroxylation is 1. The van der Waals surface area contributed by atoms with Crippen LogP contribution in [0.15, 0.2) is 48.5 Å². The Morgan fingerprint density at radius 1 is 1.20 bits per heavy atom. The molecule has 1 aliphatic rings. The first-order chi connectivity index (χ1) is 12.0. The van der Waals surface area contributed by atoms with Crippen LogP contribution in [0.3, 0.4) is 0 Å². The monoisotopic (exact) mass is 339 g/mol. The maximum Gasteiger partial charge on any atom is 0.258 e. The Bertz CT molecular complexity index is 737. The maximum atomic E-state index is 12.4. The Morgan fingerprint density at radius 2 is 1.92 bits per heavy atom. The minimum atomic E-state index is -0.316. The zero-order valence-corrected chi connectivity index (χ0v) is 15.0. The lowest BCUT2D eigenvalue weighted by atomic mass is 9.90. The quantitative estimate of drug-likeness (QED) is 0.894. The molecule has 1 heterocycles. The van der Waals surface area contributed by atoms with Gasteiger partial charge in [-0.25, -0.2) is 0 Å². The standard InChI is InChI=1S/C21H25NO3/c1-4-15-9-11-16(12-10-15)24-14-20(23)22-18-13-21(2,3)25-19-8-6-5-7-17(18)19/h5-12,18H,4,13-14H2,1-3H3,(H,22,23)/t18-/m0/s1. The van der Waals surface area contributed by atoms with E-state index in [1.165, 1.54) is 5.56 Å². The highest BCUT2D eigenvalue weighted by Crippen LogP contribution is 2.39. The zero-order chi connectivity index (χ0) is 17.9. The van der Waals surface area contributed by atoms with Crippen LogP contribution < -0.4 is 14.8 Å². The molecule has 0 spiro atoms. The number of nitrogens with one attached hydrogen (secondary N) is 1. The molecule has 4 nitrogen and oxygen atoms in total. The van der Waals surface area contributed by atoms with Crippen molar-refractivity contribution < 1.29 is 14.3 Å². The van der Waals surface area contributed by atoms with Gasteiger partial charge in [0.05, 0.1) is 6.04 Å². The number of benzene rings is 2. The Kier molecular flexibility index (Phi) is 4.98. The van der Waals surface area contributed by atoms with Gasteiger partial charge in [-0.1, -0.05) is 37.3 Å². The minimum Gasteiger partial charge on any atom is -0.487 e. The molecule has 0 radical (unpaired) electrons. The molecule has 0 bridgehead atoms. The van der Waals surface area contributed by atoms with Gasteiger partial charge in [0, 0.05) is 12.0 Å². The van der Waals surface area contributed by atoms with E-state index in [-0.39, 0.29) is 24.2 Å². The van der Waals surface area contributed by atoms with E-state index in [4.69, 9.17) is 9.47 Å². The van der Waals surface area contributed by atoms with Crippen molar-refractivity contribution in [1.29, 1.82) is 0 Å². The number of hydrogen-bond acceptors (Lipinski definition) is 3. The van der Waals surface area contributed by atoms with Gasteiger partial charge in [-0.15, -0.1) is 0 Å². The van der Waals surface area contributed by atoms with Crippen LogP contribution in [0, 0.1) is 0 Å². The van der Waals surface area contributed by atoms with E-state index in [0.29, 0.717) is 5.75 Å². The molecule has 25 heavy (non-hydrogen) atoms. The molecule has 3 rings (SSSR count). The van der Waals surface area contributed by atoms with Gasteiger partial charge in [0.25, 0.3) is 5.91 Å². The number of carbonyl (C=O) groups is 1. The molecule has 4 heteroatoms. The first-order valence-electron chi connectivity index (χ1n) is 8.76. The summed E-state index contributed by atoms with van der Waals surface area (Å²) < 4.78 is 11.6. The molecule has 2 aromatic carbocycles. The lowest BCUT2D eigenvalue weighted by Crippen LogP contribution is -2.42. The zero-order valence-electron chi connectivity index (χ0n) is 15.0. The fraction of sp³-hybridized carbons (Fsp3) is 0.381. The van der Waals surface area contributed by atoms with Gasteiger partial charge in [-0.2, -0.15) is 0 Å². The topological polar surface area (TPSA) is 47.6 Å². The van der Waals surface area contributed by atoms with E-state index in [2.05, 4.69) is 12.2 Å². The van der Waals surface area contributed by atoms with Gasteiger partial charge in [0.2, 0.25) is 0 Å². The van der Waals surface area contributed by atoms with Gasteiger partial charge in [0.1, 0.15) is 17.1 Å². The highest BCUT2D eigenvalue weighted by molar-refractivity contribution is 5.78. The fourth-order valence-electron chi connectivity index (χ4n) is 3.14. The minimum absolute atomic E-state index is 0.00538. The van der Waals surface area contributed by atoms with Crippen LogP contribution in [-0.2, 0) is 11.2 Å². The van der Waals surface area contributed by atoms with Gasteiger partial charge >= 0.3 is 0 Å². The third-order valence-corrected chi connectivity index (χ3v) is 4.41. The van der Waals surface area contributed by atoms with Crippen molar-refractivity contribution in [2.45, 2.75) is 45.3 Å². The maximum absolute atomic E-state index is 12.4. The molecule has 1 atom stereocenters. The van der Waals surface area contributed by atoms with Gasteiger partial charge < -0.3 is 14.8 Å². The number of ether oxygens (including phenoxy) is 2. The molecule has 1 aliphatic heterocycles. The first-order valence-corrected chi connectivity index (χ1v) is 8.76. The van der Waals surface area contributed by atoms with E-state index in [9.17, 15) is 4.79 Å². The van der Waals surface area contributed by atoms with E-state index in [1.54, 1.807) is 0 Å². The molecule has 132 valence electrons. The Balaban J connectivity index is 1.62. The molecule has 0 saturated carbocycles. The third-order valence-electron chi connectivity index (χ3n) is 4.41. The van der Waals surface area contributed by atoms with E-state index in [1.807, 2.05) is 62.4 Å². The summed E-state index contributed by atoms with van der Waals surface area (Å²) in [7, 11) is 0. The van der Waals surface area contributed by atoms with Crippen molar-refractivity contribution in [1.82, 2.24) is 5.32 Å². The smallest absolute Gasteiger partial charge is 0.258 e. The van der Waals surface area contributed by atoms with E-state index < -0.39 is 0 Å². The van der Waals surface area contributed by atoms with E-state index >= 15 is 0 Å². The van der Waals surface area contributed by atoms with Crippen LogP contribution in [0.4, 0.5) is 0 Å².